The van der Waals surface area contributed by atoms with Gasteiger partial charge >= 0.3 is 0 Å². The number of nitrogens with one attached hydrogen (secondary N) is 1. The van der Waals surface area contributed by atoms with E-state index < -0.39 is 10.0 Å². The number of fused-ring (bicyclic) bond motifs is 1. The van der Waals surface area contributed by atoms with Crippen molar-refractivity contribution in [3.63, 3.8) is 0 Å². The highest BCUT2D eigenvalue weighted by Gasteiger charge is 2.20. The molecule has 94 valence electrons. The predicted octanol–water partition coefficient (Wildman–Crippen LogP) is 1.27. The van der Waals surface area contributed by atoms with Gasteiger partial charge in [0.05, 0.1) is 11.5 Å². The summed E-state index contributed by atoms with van der Waals surface area (Å²) in [7, 11) is -3.60. The van der Waals surface area contributed by atoms with Gasteiger partial charge in [0.1, 0.15) is 11.3 Å². The Balaban J connectivity index is 1.94. The molecule has 2 heterocycles. The van der Waals surface area contributed by atoms with Crippen molar-refractivity contribution in [3.8, 4) is 5.75 Å². The van der Waals surface area contributed by atoms with Crippen molar-refractivity contribution < 1.29 is 13.2 Å². The predicted molar refractivity (Wildman–Crippen MR) is 66.4 cm³/mol. The molecule has 1 aliphatic rings. The topological polar surface area (TPSA) is 81.2 Å². The van der Waals surface area contributed by atoms with Crippen molar-refractivity contribution in [2.24, 2.45) is 0 Å². The average molecular weight is 283 g/mol. The van der Waals surface area contributed by atoms with Gasteiger partial charge in [-0.25, -0.2) is 8.42 Å². The lowest BCUT2D eigenvalue weighted by Crippen LogP contribution is -2.12. The van der Waals surface area contributed by atoms with E-state index in [4.69, 9.17) is 4.74 Å². The lowest BCUT2D eigenvalue weighted by molar-refractivity contribution is 0.356. The zero-order valence-corrected chi connectivity index (χ0v) is 10.8. The number of ether oxygens (including phenoxy) is 1. The fourth-order valence-corrected chi connectivity index (χ4v) is 3.46. The maximum atomic E-state index is 12.1. The Hall–Kier alpha value is -1.67. The second-order valence-electron chi connectivity index (χ2n) is 3.72. The van der Waals surface area contributed by atoms with Crippen molar-refractivity contribution in [1.29, 1.82) is 0 Å². The molecule has 6 nitrogen and oxygen atoms in total. The summed E-state index contributed by atoms with van der Waals surface area (Å²) in [6, 6.07) is 4.83. The van der Waals surface area contributed by atoms with Gasteiger partial charge in [-0.2, -0.15) is 0 Å². The molecule has 0 saturated carbocycles. The number of anilines is 1. The van der Waals surface area contributed by atoms with Gasteiger partial charge in [-0.1, -0.05) is 11.3 Å². The number of benzene rings is 1. The van der Waals surface area contributed by atoms with Crippen LogP contribution < -0.4 is 9.46 Å². The number of hydrogen-bond acceptors (Lipinski definition) is 6. The second-order valence-corrected chi connectivity index (χ2v) is 6.23. The summed E-state index contributed by atoms with van der Waals surface area (Å²) in [6.07, 6.45) is 0.734. The van der Waals surface area contributed by atoms with Crippen molar-refractivity contribution in [3.05, 3.63) is 29.3 Å². The van der Waals surface area contributed by atoms with Crippen LogP contribution >= 0.6 is 11.3 Å². The molecule has 0 saturated heterocycles. The lowest BCUT2D eigenvalue weighted by atomic mass is 10.2. The summed E-state index contributed by atoms with van der Waals surface area (Å²) in [5.74, 6) is 0.755. The van der Waals surface area contributed by atoms with Crippen LogP contribution in [0.3, 0.4) is 0 Å². The molecular weight excluding hydrogens is 274 g/mol. The van der Waals surface area contributed by atoms with E-state index in [1.165, 1.54) is 11.6 Å². The average Bonchev–Trinajstić information content (AvgIpc) is 2.97. The van der Waals surface area contributed by atoms with Gasteiger partial charge in [-0.05, 0) is 23.8 Å². The first-order valence-corrected chi connectivity index (χ1v) is 7.56. The van der Waals surface area contributed by atoms with Gasteiger partial charge in [0.25, 0.3) is 10.0 Å². The maximum absolute atomic E-state index is 12.1. The first-order chi connectivity index (χ1) is 8.65. The molecule has 0 radical (unpaired) electrons. The molecule has 0 bridgehead atoms. The third kappa shape index (κ3) is 2.04. The van der Waals surface area contributed by atoms with Crippen LogP contribution in [0.5, 0.6) is 5.75 Å². The highest BCUT2D eigenvalue weighted by atomic mass is 32.2. The Morgan fingerprint density at radius 1 is 1.39 bits per heavy atom. The van der Waals surface area contributed by atoms with E-state index in [9.17, 15) is 8.42 Å². The zero-order valence-electron chi connectivity index (χ0n) is 9.16. The zero-order chi connectivity index (χ0) is 12.6. The Labute approximate surface area is 108 Å². The SMILES string of the molecule is O=S(=O)(Nc1nncs1)c1ccc2c(c1)CCO2. The fourth-order valence-electron chi connectivity index (χ4n) is 1.72. The van der Waals surface area contributed by atoms with Gasteiger partial charge in [0, 0.05) is 6.42 Å². The van der Waals surface area contributed by atoms with Crippen molar-refractivity contribution in [2.45, 2.75) is 11.3 Å². The van der Waals surface area contributed by atoms with Crippen LogP contribution in [-0.2, 0) is 16.4 Å². The van der Waals surface area contributed by atoms with Gasteiger partial charge < -0.3 is 4.74 Å². The molecule has 0 atom stereocenters. The van der Waals surface area contributed by atoms with Crippen LogP contribution in [0.4, 0.5) is 5.13 Å². The van der Waals surface area contributed by atoms with Gasteiger partial charge in [-0.15, -0.1) is 10.2 Å². The molecule has 1 aliphatic heterocycles. The van der Waals surface area contributed by atoms with Crippen molar-refractivity contribution in [2.75, 3.05) is 11.3 Å². The largest absolute Gasteiger partial charge is 0.493 e. The number of sulfonamides is 1. The quantitative estimate of drug-likeness (QED) is 0.917. The molecule has 0 spiro atoms. The molecule has 0 aliphatic carbocycles. The molecule has 3 rings (SSSR count). The molecule has 1 N–H and O–H groups in total. The molecule has 1 aromatic heterocycles. The summed E-state index contributed by atoms with van der Waals surface area (Å²) in [4.78, 5) is 0.210. The molecule has 0 amide bonds. The van der Waals surface area contributed by atoms with Crippen LogP contribution in [0.2, 0.25) is 0 Å². The summed E-state index contributed by atoms with van der Waals surface area (Å²) in [6.45, 7) is 0.600. The van der Waals surface area contributed by atoms with Crippen LogP contribution in [0.25, 0.3) is 0 Å². The third-order valence-electron chi connectivity index (χ3n) is 2.55. The number of nitrogens with zero attached hydrogens (tertiary/aromatic N) is 2. The van der Waals surface area contributed by atoms with E-state index in [-0.39, 0.29) is 10.0 Å². The fraction of sp³-hybridized carbons (Fsp3) is 0.200. The summed E-state index contributed by atoms with van der Waals surface area (Å²) in [5.41, 5.74) is 2.38. The Morgan fingerprint density at radius 2 is 2.28 bits per heavy atom. The molecule has 1 aromatic carbocycles. The molecule has 8 heteroatoms. The van der Waals surface area contributed by atoms with E-state index in [2.05, 4.69) is 14.9 Å². The van der Waals surface area contributed by atoms with Crippen molar-refractivity contribution >= 4 is 26.5 Å². The molecule has 18 heavy (non-hydrogen) atoms. The minimum atomic E-state index is -3.60. The molecule has 0 fully saturated rings. The Bertz CT molecular complexity index is 668. The van der Waals surface area contributed by atoms with E-state index in [1.807, 2.05) is 0 Å². The van der Waals surface area contributed by atoms with Gasteiger partial charge in [0.15, 0.2) is 0 Å². The smallest absolute Gasteiger partial charge is 0.263 e. The molecular formula is C10H9N3O3S2. The van der Waals surface area contributed by atoms with E-state index in [1.54, 1.807) is 12.1 Å². The summed E-state index contributed by atoms with van der Waals surface area (Å²) in [5, 5.41) is 7.49. The van der Waals surface area contributed by atoms with Gasteiger partial charge in [0.2, 0.25) is 5.13 Å². The van der Waals surface area contributed by atoms with E-state index >= 15 is 0 Å². The minimum Gasteiger partial charge on any atom is -0.493 e. The summed E-state index contributed by atoms with van der Waals surface area (Å²) >= 11 is 1.13. The third-order valence-corrected chi connectivity index (χ3v) is 4.63. The van der Waals surface area contributed by atoms with E-state index in [0.29, 0.717) is 6.61 Å². The minimum absolute atomic E-state index is 0.210. The number of hydrogen-bond donors (Lipinski definition) is 1. The normalized spacial score (nSPS) is 14.0. The van der Waals surface area contributed by atoms with Gasteiger partial charge in [-0.3, -0.25) is 4.72 Å². The maximum Gasteiger partial charge on any atom is 0.263 e. The van der Waals surface area contributed by atoms with Crippen LogP contribution in [-0.4, -0.2) is 25.2 Å². The first-order valence-electron chi connectivity index (χ1n) is 5.20. The standard InChI is InChI=1S/C10H9N3O3S2/c14-18(15,13-10-12-11-6-17-10)8-1-2-9-7(5-8)3-4-16-9/h1-2,5-6H,3-4H2,(H,12,13). The molecule has 0 unspecified atom stereocenters. The van der Waals surface area contributed by atoms with Crippen molar-refractivity contribution in [1.82, 2.24) is 10.2 Å². The highest BCUT2D eigenvalue weighted by molar-refractivity contribution is 7.93. The molecule has 2 aromatic rings. The monoisotopic (exact) mass is 283 g/mol. The summed E-state index contributed by atoms with van der Waals surface area (Å²) < 4.78 is 31.9. The van der Waals surface area contributed by atoms with E-state index in [0.717, 1.165) is 29.1 Å². The number of aromatic nitrogens is 2. The van der Waals surface area contributed by atoms with Crippen LogP contribution in [0.1, 0.15) is 5.56 Å². The first kappa shape index (κ1) is 11.4. The second kappa shape index (κ2) is 4.21. The van der Waals surface area contributed by atoms with Crippen LogP contribution in [0, 0.1) is 0 Å². The highest BCUT2D eigenvalue weighted by Crippen LogP contribution is 2.28. The number of rotatable bonds is 3. The van der Waals surface area contributed by atoms with Crippen LogP contribution in [0.15, 0.2) is 28.6 Å². The Kier molecular flexibility index (Phi) is 2.67. The Morgan fingerprint density at radius 3 is 3.06 bits per heavy atom. The lowest BCUT2D eigenvalue weighted by Gasteiger charge is -2.06.